The molecular formula is C15H21NO3. The molecule has 0 aliphatic rings. The van der Waals surface area contributed by atoms with Crippen molar-refractivity contribution in [3.05, 3.63) is 34.9 Å². The van der Waals surface area contributed by atoms with Gasteiger partial charge < -0.3 is 10.4 Å². The Morgan fingerprint density at radius 2 is 1.89 bits per heavy atom. The van der Waals surface area contributed by atoms with Gasteiger partial charge in [-0.05, 0) is 30.9 Å². The van der Waals surface area contributed by atoms with Gasteiger partial charge in [0.15, 0.2) is 0 Å². The highest BCUT2D eigenvalue weighted by Gasteiger charge is 2.23. The highest BCUT2D eigenvalue weighted by molar-refractivity contribution is 5.85. The molecule has 1 rings (SSSR count). The van der Waals surface area contributed by atoms with E-state index in [0.29, 0.717) is 0 Å². The SMILES string of the molecule is Cc1ccc(C)c(CC(=O)N[C@@H](C(=O)O)C(C)C)c1. The summed E-state index contributed by atoms with van der Waals surface area (Å²) in [6, 6.07) is 5.08. The Labute approximate surface area is 113 Å². The number of carboxylic acids is 1. The maximum Gasteiger partial charge on any atom is 0.326 e. The smallest absolute Gasteiger partial charge is 0.326 e. The van der Waals surface area contributed by atoms with Crippen LogP contribution in [0.15, 0.2) is 18.2 Å². The van der Waals surface area contributed by atoms with Crippen LogP contribution in [0.5, 0.6) is 0 Å². The lowest BCUT2D eigenvalue weighted by Gasteiger charge is -2.18. The standard InChI is InChI=1S/C15H21NO3/c1-9(2)14(15(18)19)16-13(17)8-12-7-10(3)5-6-11(12)4/h5-7,9,14H,8H2,1-4H3,(H,16,17)(H,18,19)/t14-/m1/s1. The van der Waals surface area contributed by atoms with Crippen molar-refractivity contribution < 1.29 is 14.7 Å². The van der Waals surface area contributed by atoms with Gasteiger partial charge in [-0.3, -0.25) is 4.79 Å². The Morgan fingerprint density at radius 1 is 1.26 bits per heavy atom. The third kappa shape index (κ3) is 4.39. The summed E-state index contributed by atoms with van der Waals surface area (Å²) in [5.41, 5.74) is 3.06. The van der Waals surface area contributed by atoms with Crippen LogP contribution in [0, 0.1) is 19.8 Å². The minimum absolute atomic E-state index is 0.139. The third-order valence-corrected chi connectivity index (χ3v) is 3.10. The second-order valence-electron chi connectivity index (χ2n) is 5.23. The fourth-order valence-electron chi connectivity index (χ4n) is 1.90. The summed E-state index contributed by atoms with van der Waals surface area (Å²) in [7, 11) is 0. The lowest BCUT2D eigenvalue weighted by atomic mass is 10.0. The first kappa shape index (κ1) is 15.2. The highest BCUT2D eigenvalue weighted by Crippen LogP contribution is 2.12. The predicted molar refractivity (Wildman–Crippen MR) is 74.0 cm³/mol. The van der Waals surface area contributed by atoms with Crippen molar-refractivity contribution in [2.75, 3.05) is 0 Å². The number of hydrogen-bond donors (Lipinski definition) is 2. The van der Waals surface area contributed by atoms with Crippen molar-refractivity contribution in [3.63, 3.8) is 0 Å². The summed E-state index contributed by atoms with van der Waals surface area (Å²) in [6.07, 6.45) is 0.212. The summed E-state index contributed by atoms with van der Waals surface area (Å²) in [4.78, 5) is 23.0. The van der Waals surface area contributed by atoms with E-state index in [2.05, 4.69) is 5.32 Å². The lowest BCUT2D eigenvalue weighted by Crippen LogP contribution is -2.44. The van der Waals surface area contributed by atoms with Gasteiger partial charge >= 0.3 is 5.97 Å². The lowest BCUT2D eigenvalue weighted by molar-refractivity contribution is -0.143. The zero-order valence-electron chi connectivity index (χ0n) is 11.9. The van der Waals surface area contributed by atoms with E-state index in [-0.39, 0.29) is 18.2 Å². The van der Waals surface area contributed by atoms with E-state index < -0.39 is 12.0 Å². The van der Waals surface area contributed by atoms with Crippen molar-refractivity contribution in [3.8, 4) is 0 Å². The first-order valence-corrected chi connectivity index (χ1v) is 6.39. The van der Waals surface area contributed by atoms with Gasteiger partial charge in [-0.25, -0.2) is 4.79 Å². The van der Waals surface area contributed by atoms with Crippen molar-refractivity contribution in [2.45, 2.75) is 40.2 Å². The maximum atomic E-state index is 11.9. The molecule has 1 aromatic carbocycles. The summed E-state index contributed by atoms with van der Waals surface area (Å²) >= 11 is 0. The van der Waals surface area contributed by atoms with E-state index in [0.717, 1.165) is 16.7 Å². The third-order valence-electron chi connectivity index (χ3n) is 3.10. The molecular weight excluding hydrogens is 242 g/mol. The number of aryl methyl sites for hydroxylation is 2. The largest absolute Gasteiger partial charge is 0.480 e. The fraction of sp³-hybridized carbons (Fsp3) is 0.467. The molecule has 19 heavy (non-hydrogen) atoms. The molecule has 0 aromatic heterocycles. The molecule has 0 saturated carbocycles. The second kappa shape index (κ2) is 6.36. The highest BCUT2D eigenvalue weighted by atomic mass is 16.4. The van der Waals surface area contributed by atoms with Gasteiger partial charge in [-0.2, -0.15) is 0 Å². The van der Waals surface area contributed by atoms with Crippen molar-refractivity contribution >= 4 is 11.9 Å². The molecule has 0 aliphatic heterocycles. The monoisotopic (exact) mass is 263 g/mol. The molecule has 0 unspecified atom stereocenters. The second-order valence-corrected chi connectivity index (χ2v) is 5.23. The summed E-state index contributed by atoms with van der Waals surface area (Å²) in [6.45, 7) is 7.46. The number of carbonyl (C=O) groups excluding carboxylic acids is 1. The number of nitrogens with one attached hydrogen (secondary N) is 1. The summed E-state index contributed by atoms with van der Waals surface area (Å²) in [5.74, 6) is -1.39. The molecule has 0 heterocycles. The normalized spacial score (nSPS) is 12.3. The van der Waals surface area contributed by atoms with Gasteiger partial charge in [0.25, 0.3) is 0 Å². The molecule has 1 amide bonds. The Morgan fingerprint density at radius 3 is 2.42 bits per heavy atom. The van der Waals surface area contributed by atoms with E-state index in [1.165, 1.54) is 0 Å². The fourth-order valence-corrected chi connectivity index (χ4v) is 1.90. The quantitative estimate of drug-likeness (QED) is 0.854. The molecule has 104 valence electrons. The molecule has 1 atom stereocenters. The Bertz CT molecular complexity index is 480. The Hall–Kier alpha value is -1.84. The molecule has 0 bridgehead atoms. The van der Waals surface area contributed by atoms with Crippen LogP contribution in [0.3, 0.4) is 0 Å². The molecule has 0 spiro atoms. The average Bonchev–Trinajstić information content (AvgIpc) is 2.30. The average molecular weight is 263 g/mol. The topological polar surface area (TPSA) is 66.4 Å². The van der Waals surface area contributed by atoms with Gasteiger partial charge in [0.1, 0.15) is 6.04 Å². The Balaban J connectivity index is 2.74. The van der Waals surface area contributed by atoms with Gasteiger partial charge in [0, 0.05) is 0 Å². The number of carboxylic acid groups (broad SMARTS) is 1. The van der Waals surface area contributed by atoms with E-state index in [4.69, 9.17) is 5.11 Å². The first-order chi connectivity index (χ1) is 8.81. The van der Waals surface area contributed by atoms with Crippen LogP contribution < -0.4 is 5.32 Å². The van der Waals surface area contributed by atoms with Gasteiger partial charge in [0.2, 0.25) is 5.91 Å². The zero-order chi connectivity index (χ0) is 14.6. The number of amides is 1. The van der Waals surface area contributed by atoms with Crippen LogP contribution in [0.1, 0.15) is 30.5 Å². The van der Waals surface area contributed by atoms with Crippen molar-refractivity contribution in [2.24, 2.45) is 5.92 Å². The molecule has 0 radical (unpaired) electrons. The van der Waals surface area contributed by atoms with Crippen LogP contribution >= 0.6 is 0 Å². The van der Waals surface area contributed by atoms with E-state index in [1.54, 1.807) is 13.8 Å². The molecule has 0 aliphatic carbocycles. The molecule has 1 aromatic rings. The van der Waals surface area contributed by atoms with E-state index >= 15 is 0 Å². The van der Waals surface area contributed by atoms with Crippen molar-refractivity contribution in [1.29, 1.82) is 0 Å². The minimum atomic E-state index is -0.996. The number of hydrogen-bond acceptors (Lipinski definition) is 2. The van der Waals surface area contributed by atoms with Crippen LogP contribution in [-0.2, 0) is 16.0 Å². The van der Waals surface area contributed by atoms with Crippen LogP contribution in [0.25, 0.3) is 0 Å². The number of benzene rings is 1. The molecule has 4 heteroatoms. The molecule has 0 fully saturated rings. The van der Waals surface area contributed by atoms with Gasteiger partial charge in [-0.1, -0.05) is 37.6 Å². The summed E-state index contributed by atoms with van der Waals surface area (Å²) < 4.78 is 0. The first-order valence-electron chi connectivity index (χ1n) is 6.39. The van der Waals surface area contributed by atoms with Crippen molar-refractivity contribution in [1.82, 2.24) is 5.32 Å². The van der Waals surface area contributed by atoms with Crippen LogP contribution in [0.2, 0.25) is 0 Å². The molecule has 2 N–H and O–H groups in total. The van der Waals surface area contributed by atoms with Crippen LogP contribution in [-0.4, -0.2) is 23.0 Å². The van der Waals surface area contributed by atoms with E-state index in [9.17, 15) is 9.59 Å². The zero-order valence-corrected chi connectivity index (χ0v) is 11.9. The molecule has 0 saturated heterocycles. The number of rotatable bonds is 5. The van der Waals surface area contributed by atoms with Gasteiger partial charge in [0.05, 0.1) is 6.42 Å². The Kier molecular flexibility index (Phi) is 5.10. The maximum absolute atomic E-state index is 11.9. The van der Waals surface area contributed by atoms with Crippen LogP contribution in [0.4, 0.5) is 0 Å². The van der Waals surface area contributed by atoms with E-state index in [1.807, 2.05) is 32.0 Å². The predicted octanol–water partition coefficient (Wildman–Crippen LogP) is 2.07. The minimum Gasteiger partial charge on any atom is -0.480 e. The molecule has 4 nitrogen and oxygen atoms in total. The number of carbonyl (C=O) groups is 2. The number of aliphatic carboxylic acids is 1. The summed E-state index contributed by atoms with van der Waals surface area (Å²) in [5, 5.41) is 11.6. The van der Waals surface area contributed by atoms with Gasteiger partial charge in [-0.15, -0.1) is 0 Å².